The van der Waals surface area contributed by atoms with Crippen LogP contribution >= 0.6 is 11.8 Å². The van der Waals surface area contributed by atoms with Crippen LogP contribution in [0.1, 0.15) is 36.5 Å². The van der Waals surface area contributed by atoms with E-state index in [0.717, 1.165) is 37.1 Å². The molecule has 0 bridgehead atoms. The summed E-state index contributed by atoms with van der Waals surface area (Å²) in [6.07, 6.45) is 4.29. The lowest BCUT2D eigenvalue weighted by Crippen LogP contribution is -2.40. The molecule has 0 aliphatic carbocycles. The second-order valence-electron chi connectivity index (χ2n) is 4.84. The van der Waals surface area contributed by atoms with Crippen molar-refractivity contribution in [3.63, 3.8) is 0 Å². The Balaban J connectivity index is 1.97. The number of nitrogens with zero attached hydrogens (tertiary/aromatic N) is 1. The molecule has 1 amide bonds. The molecule has 0 spiro atoms. The van der Waals surface area contributed by atoms with Gasteiger partial charge in [0.25, 0.3) is 0 Å². The normalized spacial score (nSPS) is 17.0. The molecule has 0 aromatic heterocycles. The molecule has 4 heteroatoms. The van der Waals surface area contributed by atoms with Crippen LogP contribution in [0.3, 0.4) is 0 Å². The molecule has 0 saturated carbocycles. The Bertz CT molecular complexity index is 455. The van der Waals surface area contributed by atoms with Crippen molar-refractivity contribution >= 4 is 24.0 Å². The number of carbonyl (C=O) groups is 2. The summed E-state index contributed by atoms with van der Waals surface area (Å²) in [5.41, 5.74) is 0.655. The highest BCUT2D eigenvalue weighted by Crippen LogP contribution is 2.25. The first kappa shape index (κ1) is 14.1. The van der Waals surface area contributed by atoms with Crippen LogP contribution in [0, 0.1) is 0 Å². The summed E-state index contributed by atoms with van der Waals surface area (Å²) >= 11 is 1.52. The van der Waals surface area contributed by atoms with Crippen molar-refractivity contribution in [1.82, 2.24) is 4.90 Å². The van der Waals surface area contributed by atoms with Crippen molar-refractivity contribution in [1.29, 1.82) is 0 Å². The molecule has 19 heavy (non-hydrogen) atoms. The van der Waals surface area contributed by atoms with Crippen molar-refractivity contribution in [3.8, 4) is 0 Å². The molecule has 1 aromatic carbocycles. The third kappa shape index (κ3) is 3.83. The first-order chi connectivity index (χ1) is 9.20. The van der Waals surface area contributed by atoms with Crippen LogP contribution in [0.4, 0.5) is 0 Å². The van der Waals surface area contributed by atoms with Crippen molar-refractivity contribution in [2.45, 2.75) is 36.3 Å². The van der Waals surface area contributed by atoms with E-state index < -0.39 is 0 Å². The summed E-state index contributed by atoms with van der Waals surface area (Å²) in [6, 6.07) is 7.40. The lowest BCUT2D eigenvalue weighted by Gasteiger charge is -2.29. The van der Waals surface area contributed by atoms with E-state index in [9.17, 15) is 9.59 Å². The molecule has 1 atom stereocenters. The average molecular weight is 277 g/mol. The van der Waals surface area contributed by atoms with Crippen LogP contribution in [0.25, 0.3) is 0 Å². The molecular formula is C15H19NO2S. The molecule has 1 saturated heterocycles. The maximum atomic E-state index is 12.3. The summed E-state index contributed by atoms with van der Waals surface area (Å²) in [5, 5.41) is -0.0972. The topological polar surface area (TPSA) is 37.4 Å². The standard InChI is InChI=1S/C15H19NO2S/c1-12(15(18)16-8-3-2-4-9-16)19-14-7-5-6-13(10-14)11-17/h5-7,10-12H,2-4,8-9H2,1H3. The Labute approximate surface area is 118 Å². The Morgan fingerprint density at radius 3 is 2.74 bits per heavy atom. The number of rotatable bonds is 4. The van der Waals surface area contributed by atoms with Gasteiger partial charge < -0.3 is 4.90 Å². The first-order valence-electron chi connectivity index (χ1n) is 6.71. The smallest absolute Gasteiger partial charge is 0.235 e. The van der Waals surface area contributed by atoms with Crippen molar-refractivity contribution in [2.75, 3.05) is 13.1 Å². The third-order valence-corrected chi connectivity index (χ3v) is 4.40. The van der Waals surface area contributed by atoms with Gasteiger partial charge in [-0.3, -0.25) is 9.59 Å². The van der Waals surface area contributed by atoms with Crippen molar-refractivity contribution in [2.24, 2.45) is 0 Å². The summed E-state index contributed by atoms with van der Waals surface area (Å²) in [6.45, 7) is 3.71. The Morgan fingerprint density at radius 2 is 2.05 bits per heavy atom. The van der Waals surface area contributed by atoms with Crippen molar-refractivity contribution < 1.29 is 9.59 Å². The van der Waals surface area contributed by atoms with E-state index in [2.05, 4.69) is 0 Å². The largest absolute Gasteiger partial charge is 0.342 e. The van der Waals surface area contributed by atoms with Gasteiger partial charge in [0, 0.05) is 23.5 Å². The summed E-state index contributed by atoms with van der Waals surface area (Å²) < 4.78 is 0. The Hall–Kier alpha value is -1.29. The van der Waals surface area contributed by atoms with Crippen LogP contribution in [0.5, 0.6) is 0 Å². The van der Waals surface area contributed by atoms with Gasteiger partial charge in [-0.1, -0.05) is 12.1 Å². The molecule has 0 radical (unpaired) electrons. The van der Waals surface area contributed by atoms with Crippen LogP contribution in [-0.2, 0) is 4.79 Å². The minimum Gasteiger partial charge on any atom is -0.342 e. The van der Waals surface area contributed by atoms with Crippen LogP contribution in [0.2, 0.25) is 0 Å². The third-order valence-electron chi connectivity index (χ3n) is 3.32. The highest BCUT2D eigenvalue weighted by Gasteiger charge is 2.22. The second kappa shape index (κ2) is 6.75. The predicted octanol–water partition coefficient (Wildman–Crippen LogP) is 2.99. The number of carbonyl (C=O) groups excluding carboxylic acids is 2. The molecule has 102 valence electrons. The van der Waals surface area contributed by atoms with Gasteiger partial charge in [-0.2, -0.15) is 0 Å². The summed E-state index contributed by atoms with van der Waals surface area (Å²) in [4.78, 5) is 26.0. The number of likely N-dealkylation sites (tertiary alicyclic amines) is 1. The molecule has 2 rings (SSSR count). The number of aldehydes is 1. The van der Waals surface area contributed by atoms with Gasteiger partial charge in [0.15, 0.2) is 0 Å². The number of hydrogen-bond acceptors (Lipinski definition) is 3. The summed E-state index contributed by atoms with van der Waals surface area (Å²) in [5.74, 6) is 0.209. The monoisotopic (exact) mass is 277 g/mol. The van der Waals surface area contributed by atoms with Gasteiger partial charge in [-0.25, -0.2) is 0 Å². The average Bonchev–Trinajstić information content (AvgIpc) is 2.47. The molecule has 0 N–H and O–H groups in total. The molecular weight excluding hydrogens is 258 g/mol. The van der Waals surface area contributed by atoms with Crippen LogP contribution in [-0.4, -0.2) is 35.4 Å². The minimum absolute atomic E-state index is 0.0972. The number of hydrogen-bond donors (Lipinski definition) is 0. The fourth-order valence-electron chi connectivity index (χ4n) is 2.29. The number of amides is 1. The highest BCUT2D eigenvalue weighted by atomic mass is 32.2. The van der Waals surface area contributed by atoms with Gasteiger partial charge in [-0.05, 0) is 38.3 Å². The number of thioether (sulfide) groups is 1. The number of benzene rings is 1. The van der Waals surface area contributed by atoms with E-state index in [-0.39, 0.29) is 11.2 Å². The maximum Gasteiger partial charge on any atom is 0.235 e. The zero-order chi connectivity index (χ0) is 13.7. The van der Waals surface area contributed by atoms with Crippen molar-refractivity contribution in [3.05, 3.63) is 29.8 Å². The predicted molar refractivity (Wildman–Crippen MR) is 77.6 cm³/mol. The van der Waals surface area contributed by atoms with Gasteiger partial charge >= 0.3 is 0 Å². The maximum absolute atomic E-state index is 12.3. The van der Waals surface area contributed by atoms with E-state index in [0.29, 0.717) is 5.56 Å². The molecule has 1 fully saturated rings. The highest BCUT2D eigenvalue weighted by molar-refractivity contribution is 8.00. The first-order valence-corrected chi connectivity index (χ1v) is 7.59. The fraction of sp³-hybridized carbons (Fsp3) is 0.467. The molecule has 1 unspecified atom stereocenters. The van der Waals surface area contributed by atoms with E-state index in [4.69, 9.17) is 0 Å². The molecule has 3 nitrogen and oxygen atoms in total. The number of piperidine rings is 1. The van der Waals surface area contributed by atoms with E-state index in [1.165, 1.54) is 18.2 Å². The molecule has 1 heterocycles. The van der Waals surface area contributed by atoms with Crippen LogP contribution < -0.4 is 0 Å². The van der Waals surface area contributed by atoms with Gasteiger partial charge in [-0.15, -0.1) is 11.8 Å². The Morgan fingerprint density at radius 1 is 1.32 bits per heavy atom. The van der Waals surface area contributed by atoms with Gasteiger partial charge in [0.1, 0.15) is 6.29 Å². The zero-order valence-corrected chi connectivity index (χ0v) is 12.0. The summed E-state index contributed by atoms with van der Waals surface area (Å²) in [7, 11) is 0. The minimum atomic E-state index is -0.0972. The SMILES string of the molecule is CC(Sc1cccc(C=O)c1)C(=O)N1CCCCC1. The lowest BCUT2D eigenvalue weighted by atomic mass is 10.1. The van der Waals surface area contributed by atoms with Gasteiger partial charge in [0.2, 0.25) is 5.91 Å². The molecule has 1 aliphatic rings. The van der Waals surface area contributed by atoms with Gasteiger partial charge in [0.05, 0.1) is 5.25 Å². The fourth-order valence-corrected chi connectivity index (χ4v) is 3.31. The van der Waals surface area contributed by atoms with E-state index >= 15 is 0 Å². The molecule has 1 aliphatic heterocycles. The van der Waals surface area contributed by atoms with E-state index in [1.807, 2.05) is 30.0 Å². The lowest BCUT2D eigenvalue weighted by molar-refractivity contribution is -0.131. The Kier molecular flexibility index (Phi) is 5.02. The van der Waals surface area contributed by atoms with Crippen LogP contribution in [0.15, 0.2) is 29.2 Å². The second-order valence-corrected chi connectivity index (χ2v) is 6.25. The van der Waals surface area contributed by atoms with E-state index in [1.54, 1.807) is 6.07 Å². The zero-order valence-electron chi connectivity index (χ0n) is 11.2. The molecule has 1 aromatic rings. The quantitative estimate of drug-likeness (QED) is 0.627.